The molecule has 0 unspecified atom stereocenters. The minimum absolute atomic E-state index is 0.168. The van der Waals surface area contributed by atoms with E-state index >= 15 is 0 Å². The van der Waals surface area contributed by atoms with Gasteiger partial charge < -0.3 is 10.2 Å². The summed E-state index contributed by atoms with van der Waals surface area (Å²) in [5.41, 5.74) is 0.285. The molecule has 0 aromatic carbocycles. The van der Waals surface area contributed by atoms with Gasteiger partial charge in [0.15, 0.2) is 0 Å². The molecular weight excluding hydrogens is 288 g/mol. The Hall–Kier alpha value is -1.20. The van der Waals surface area contributed by atoms with Gasteiger partial charge >= 0.3 is 0 Å². The van der Waals surface area contributed by atoms with E-state index in [1.54, 1.807) is 0 Å². The quantitative estimate of drug-likeness (QED) is 0.928. The Labute approximate surface area is 131 Å². The van der Waals surface area contributed by atoms with E-state index in [9.17, 15) is 4.79 Å². The fourth-order valence-corrected chi connectivity index (χ4v) is 2.64. The predicted molar refractivity (Wildman–Crippen MR) is 83.7 cm³/mol. The number of aromatic nitrogens is 2. The highest BCUT2D eigenvalue weighted by Gasteiger charge is 2.22. The number of amides is 1. The molecule has 1 fully saturated rings. The molecule has 6 heteroatoms. The first kappa shape index (κ1) is 16.2. The first-order valence-corrected chi connectivity index (χ1v) is 7.94. The van der Waals surface area contributed by atoms with Crippen molar-refractivity contribution in [1.29, 1.82) is 0 Å². The highest BCUT2D eigenvalue weighted by Crippen LogP contribution is 2.17. The smallest absolute Gasteiger partial charge is 0.271 e. The second-order valence-corrected chi connectivity index (χ2v) is 6.17. The lowest BCUT2D eigenvalue weighted by Gasteiger charge is -2.31. The van der Waals surface area contributed by atoms with Crippen molar-refractivity contribution in [1.82, 2.24) is 20.2 Å². The van der Waals surface area contributed by atoms with Crippen molar-refractivity contribution >= 4 is 17.5 Å². The van der Waals surface area contributed by atoms with Crippen LogP contribution in [0, 0.1) is 0 Å². The zero-order valence-electron chi connectivity index (χ0n) is 12.9. The Bertz CT molecular complexity index is 498. The Morgan fingerprint density at radius 1 is 1.48 bits per heavy atom. The second-order valence-electron chi connectivity index (χ2n) is 5.76. The molecule has 116 valence electrons. The molecule has 0 bridgehead atoms. The lowest BCUT2D eigenvalue weighted by Crippen LogP contribution is -2.44. The third-order valence-corrected chi connectivity index (χ3v) is 4.14. The number of hydrogen-bond acceptors (Lipinski definition) is 4. The Morgan fingerprint density at radius 2 is 2.14 bits per heavy atom. The maximum Gasteiger partial charge on any atom is 0.271 e. The number of halogens is 1. The van der Waals surface area contributed by atoms with Crippen molar-refractivity contribution in [3.05, 3.63) is 22.7 Å². The lowest BCUT2D eigenvalue weighted by atomic mass is 10.0. The van der Waals surface area contributed by atoms with Crippen molar-refractivity contribution in [2.75, 3.05) is 19.6 Å². The minimum Gasteiger partial charge on any atom is -0.348 e. The van der Waals surface area contributed by atoms with Gasteiger partial charge in [-0.2, -0.15) is 0 Å². The molecule has 1 N–H and O–H groups in total. The van der Waals surface area contributed by atoms with Gasteiger partial charge in [-0.3, -0.25) is 4.79 Å². The largest absolute Gasteiger partial charge is 0.348 e. The fourth-order valence-electron chi connectivity index (χ4n) is 2.47. The zero-order valence-corrected chi connectivity index (χ0v) is 13.7. The number of nitrogens with zero attached hydrogens (tertiary/aromatic N) is 3. The summed E-state index contributed by atoms with van der Waals surface area (Å²) in [6.07, 6.45) is 3.46. The summed E-state index contributed by atoms with van der Waals surface area (Å²) in [6, 6.07) is 0.203. The lowest BCUT2D eigenvalue weighted by molar-refractivity contribution is 0.0907. The van der Waals surface area contributed by atoms with Crippen molar-refractivity contribution in [3.63, 3.8) is 0 Å². The van der Waals surface area contributed by atoms with Crippen molar-refractivity contribution in [2.45, 2.75) is 45.6 Å². The van der Waals surface area contributed by atoms with Crippen LogP contribution in [-0.2, 0) is 0 Å². The number of likely N-dealkylation sites (tertiary alicyclic amines) is 1. The van der Waals surface area contributed by atoms with E-state index in [1.807, 2.05) is 13.8 Å². The number of rotatable bonds is 4. The average molecular weight is 311 g/mol. The molecule has 0 atom stereocenters. The third-order valence-electron chi connectivity index (χ3n) is 3.86. The second kappa shape index (κ2) is 7.18. The first-order valence-electron chi connectivity index (χ1n) is 7.57. The molecule has 2 heterocycles. The van der Waals surface area contributed by atoms with Gasteiger partial charge in [-0.25, -0.2) is 9.97 Å². The van der Waals surface area contributed by atoms with Gasteiger partial charge in [-0.05, 0) is 19.4 Å². The molecule has 1 aromatic heterocycles. The Balaban J connectivity index is 2.02. The molecular formula is C15H23ClN4O. The van der Waals surface area contributed by atoms with Gasteiger partial charge in [-0.1, -0.05) is 32.4 Å². The van der Waals surface area contributed by atoms with Gasteiger partial charge in [0, 0.05) is 25.0 Å². The number of hydrogen-bond donors (Lipinski definition) is 1. The van der Waals surface area contributed by atoms with Crippen LogP contribution in [0.15, 0.2) is 6.20 Å². The fraction of sp³-hybridized carbons (Fsp3) is 0.667. The summed E-state index contributed by atoms with van der Waals surface area (Å²) in [5.74, 6) is 0.617. The van der Waals surface area contributed by atoms with Crippen molar-refractivity contribution < 1.29 is 4.79 Å². The van der Waals surface area contributed by atoms with Crippen LogP contribution in [0.1, 0.15) is 55.8 Å². The van der Waals surface area contributed by atoms with Crippen LogP contribution >= 0.6 is 11.6 Å². The van der Waals surface area contributed by atoms with E-state index in [1.165, 1.54) is 6.20 Å². The van der Waals surface area contributed by atoms with Crippen LogP contribution in [0.25, 0.3) is 0 Å². The normalized spacial score (nSPS) is 17.2. The highest BCUT2D eigenvalue weighted by molar-refractivity contribution is 6.33. The number of nitrogens with one attached hydrogen (secondary N) is 1. The van der Waals surface area contributed by atoms with Gasteiger partial charge in [-0.15, -0.1) is 0 Å². The third kappa shape index (κ3) is 4.14. The standard InChI is InChI=1S/C15H23ClN4O/c1-4-20-7-5-11(6-8-20)18-15(21)13-12(16)9-17-14(19-13)10(2)3/h9-11H,4-8H2,1-3H3,(H,18,21). The van der Waals surface area contributed by atoms with E-state index < -0.39 is 0 Å². The monoisotopic (exact) mass is 310 g/mol. The van der Waals surface area contributed by atoms with Crippen molar-refractivity contribution in [3.8, 4) is 0 Å². The van der Waals surface area contributed by atoms with E-state index in [0.29, 0.717) is 10.8 Å². The van der Waals surface area contributed by atoms with E-state index in [0.717, 1.165) is 32.5 Å². The van der Waals surface area contributed by atoms with Crippen LogP contribution in [0.5, 0.6) is 0 Å². The van der Waals surface area contributed by atoms with E-state index in [-0.39, 0.29) is 23.6 Å². The number of carbonyl (C=O) groups excluding carboxylic acids is 1. The van der Waals surface area contributed by atoms with Crippen LogP contribution in [-0.4, -0.2) is 46.5 Å². The van der Waals surface area contributed by atoms with Crippen LogP contribution < -0.4 is 5.32 Å². The molecule has 1 saturated heterocycles. The summed E-state index contributed by atoms with van der Waals surface area (Å²) >= 11 is 6.07. The molecule has 5 nitrogen and oxygen atoms in total. The molecule has 0 spiro atoms. The summed E-state index contributed by atoms with van der Waals surface area (Å²) in [4.78, 5) is 23.2. The summed E-state index contributed by atoms with van der Waals surface area (Å²) in [6.45, 7) is 9.26. The summed E-state index contributed by atoms with van der Waals surface area (Å²) in [5, 5.41) is 3.35. The highest BCUT2D eigenvalue weighted by atomic mass is 35.5. The summed E-state index contributed by atoms with van der Waals surface area (Å²) < 4.78 is 0. The maximum absolute atomic E-state index is 12.4. The molecule has 1 aliphatic heterocycles. The minimum atomic E-state index is -0.195. The first-order chi connectivity index (χ1) is 10.0. The van der Waals surface area contributed by atoms with Gasteiger partial charge in [0.2, 0.25) is 0 Å². The molecule has 1 amide bonds. The number of piperidine rings is 1. The van der Waals surface area contributed by atoms with Crippen molar-refractivity contribution in [2.24, 2.45) is 0 Å². The van der Waals surface area contributed by atoms with Gasteiger partial charge in [0.1, 0.15) is 11.5 Å². The van der Waals surface area contributed by atoms with E-state index in [4.69, 9.17) is 11.6 Å². The Morgan fingerprint density at radius 3 is 2.71 bits per heavy atom. The van der Waals surface area contributed by atoms with Crippen LogP contribution in [0.3, 0.4) is 0 Å². The topological polar surface area (TPSA) is 58.1 Å². The zero-order chi connectivity index (χ0) is 15.4. The maximum atomic E-state index is 12.4. The van der Waals surface area contributed by atoms with Gasteiger partial charge in [0.05, 0.1) is 11.2 Å². The molecule has 21 heavy (non-hydrogen) atoms. The molecule has 1 aromatic rings. The predicted octanol–water partition coefficient (Wildman–Crippen LogP) is 2.47. The number of carbonyl (C=O) groups is 1. The summed E-state index contributed by atoms with van der Waals surface area (Å²) in [7, 11) is 0. The van der Waals surface area contributed by atoms with Crippen LogP contribution in [0.2, 0.25) is 5.02 Å². The SMILES string of the molecule is CCN1CCC(NC(=O)c2nc(C(C)C)ncc2Cl)CC1. The van der Waals surface area contributed by atoms with Crippen LogP contribution in [0.4, 0.5) is 0 Å². The Kier molecular flexibility index (Phi) is 5.53. The molecule has 0 radical (unpaired) electrons. The molecule has 1 aliphatic rings. The van der Waals surface area contributed by atoms with Gasteiger partial charge in [0.25, 0.3) is 5.91 Å². The van der Waals surface area contributed by atoms with E-state index in [2.05, 4.69) is 27.1 Å². The average Bonchev–Trinajstić information content (AvgIpc) is 2.48. The molecule has 2 rings (SSSR count). The molecule has 0 saturated carbocycles. The molecule has 0 aliphatic carbocycles.